The van der Waals surface area contributed by atoms with Gasteiger partial charge in [-0.3, -0.25) is 9.10 Å². The minimum Gasteiger partial charge on any atom is -0.495 e. The molecular formula is C20H25ClN2O4S. The Hall–Kier alpha value is -2.25. The summed E-state index contributed by atoms with van der Waals surface area (Å²) in [7, 11) is -2.32. The van der Waals surface area contributed by atoms with Gasteiger partial charge in [-0.05, 0) is 50.1 Å². The van der Waals surface area contributed by atoms with Crippen LogP contribution in [-0.4, -0.2) is 34.2 Å². The Kier molecular flexibility index (Phi) is 6.96. The summed E-state index contributed by atoms with van der Waals surface area (Å²) in [6.45, 7) is 5.43. The van der Waals surface area contributed by atoms with E-state index in [0.29, 0.717) is 10.8 Å². The van der Waals surface area contributed by atoms with Crippen molar-refractivity contribution in [3.63, 3.8) is 0 Å². The zero-order valence-electron chi connectivity index (χ0n) is 16.6. The second kappa shape index (κ2) is 8.84. The second-order valence-corrected chi connectivity index (χ2v) is 9.08. The van der Waals surface area contributed by atoms with Gasteiger partial charge in [-0.1, -0.05) is 35.4 Å². The summed E-state index contributed by atoms with van der Waals surface area (Å²) < 4.78 is 30.9. The summed E-state index contributed by atoms with van der Waals surface area (Å²) in [5.74, 6) is -0.119. The molecule has 28 heavy (non-hydrogen) atoms. The molecule has 0 radical (unpaired) electrons. The third kappa shape index (κ3) is 5.39. The van der Waals surface area contributed by atoms with Gasteiger partial charge in [0.25, 0.3) is 0 Å². The molecule has 2 rings (SSSR count). The molecule has 6 nitrogen and oxygen atoms in total. The SMILES string of the molecule is COc1ccc(Cl)cc1N(CC(=O)NC(C)c1cc(C)ccc1C)S(C)(=O)=O. The van der Waals surface area contributed by atoms with E-state index in [1.54, 1.807) is 12.1 Å². The molecule has 0 aliphatic carbocycles. The first-order valence-corrected chi connectivity index (χ1v) is 10.9. The minimum atomic E-state index is -3.74. The average molecular weight is 425 g/mol. The maximum absolute atomic E-state index is 12.6. The van der Waals surface area contributed by atoms with Crippen molar-refractivity contribution in [2.75, 3.05) is 24.2 Å². The number of carbonyl (C=O) groups excluding carboxylic acids is 1. The number of ether oxygens (including phenoxy) is 1. The van der Waals surface area contributed by atoms with Crippen LogP contribution < -0.4 is 14.4 Å². The third-order valence-electron chi connectivity index (χ3n) is 4.38. The van der Waals surface area contributed by atoms with E-state index in [9.17, 15) is 13.2 Å². The standard InChI is InChI=1S/C20H25ClN2O4S/c1-13-6-7-14(2)17(10-13)15(3)22-20(24)12-23(28(5,25)26)18-11-16(21)8-9-19(18)27-4/h6-11,15H,12H2,1-5H3,(H,22,24). The summed E-state index contributed by atoms with van der Waals surface area (Å²) in [6.07, 6.45) is 1.04. The lowest BCUT2D eigenvalue weighted by Crippen LogP contribution is -2.41. The Morgan fingerprint density at radius 2 is 1.89 bits per heavy atom. The highest BCUT2D eigenvalue weighted by Gasteiger charge is 2.25. The lowest BCUT2D eigenvalue weighted by molar-refractivity contribution is -0.120. The van der Waals surface area contributed by atoms with Gasteiger partial charge in [-0.25, -0.2) is 8.42 Å². The van der Waals surface area contributed by atoms with Crippen LogP contribution in [-0.2, 0) is 14.8 Å². The fraction of sp³-hybridized carbons (Fsp3) is 0.350. The summed E-state index contributed by atoms with van der Waals surface area (Å²) in [5.41, 5.74) is 3.34. The number of halogens is 1. The first-order valence-electron chi connectivity index (χ1n) is 8.70. The Bertz CT molecular complexity index is 976. The molecule has 8 heteroatoms. The number of aryl methyl sites for hydroxylation is 2. The van der Waals surface area contributed by atoms with Crippen LogP contribution in [0.15, 0.2) is 36.4 Å². The Morgan fingerprint density at radius 3 is 2.50 bits per heavy atom. The zero-order valence-corrected chi connectivity index (χ0v) is 18.2. The highest BCUT2D eigenvalue weighted by atomic mass is 35.5. The van der Waals surface area contributed by atoms with E-state index < -0.39 is 15.9 Å². The van der Waals surface area contributed by atoms with E-state index in [4.69, 9.17) is 16.3 Å². The van der Waals surface area contributed by atoms with E-state index in [1.165, 1.54) is 13.2 Å². The lowest BCUT2D eigenvalue weighted by atomic mass is 10.00. The van der Waals surface area contributed by atoms with Crippen LogP contribution in [0.1, 0.15) is 29.7 Å². The first kappa shape index (κ1) is 22.0. The maximum Gasteiger partial charge on any atom is 0.241 e. The van der Waals surface area contributed by atoms with Gasteiger partial charge < -0.3 is 10.1 Å². The quantitative estimate of drug-likeness (QED) is 0.736. The molecule has 1 unspecified atom stereocenters. The zero-order chi connectivity index (χ0) is 21.1. The van der Waals surface area contributed by atoms with Crippen molar-refractivity contribution in [3.8, 4) is 5.75 Å². The number of sulfonamides is 1. The molecule has 152 valence electrons. The van der Waals surface area contributed by atoms with Gasteiger partial charge in [0.2, 0.25) is 15.9 Å². The molecule has 0 saturated heterocycles. The molecule has 0 bridgehead atoms. The monoisotopic (exact) mass is 424 g/mol. The van der Waals surface area contributed by atoms with Crippen molar-refractivity contribution in [1.29, 1.82) is 0 Å². The molecule has 2 aromatic rings. The molecule has 0 saturated carbocycles. The van der Waals surface area contributed by atoms with Crippen LogP contribution in [0.2, 0.25) is 5.02 Å². The maximum atomic E-state index is 12.6. The number of anilines is 1. The molecular weight excluding hydrogens is 400 g/mol. The van der Waals surface area contributed by atoms with Gasteiger partial charge >= 0.3 is 0 Å². The number of hydrogen-bond donors (Lipinski definition) is 1. The van der Waals surface area contributed by atoms with Gasteiger partial charge in [0, 0.05) is 5.02 Å². The number of nitrogens with zero attached hydrogens (tertiary/aromatic N) is 1. The van der Waals surface area contributed by atoms with E-state index >= 15 is 0 Å². The van der Waals surface area contributed by atoms with Crippen molar-refractivity contribution in [3.05, 3.63) is 58.1 Å². The van der Waals surface area contributed by atoms with Crippen molar-refractivity contribution >= 4 is 33.2 Å². The summed E-state index contributed by atoms with van der Waals surface area (Å²) in [6, 6.07) is 10.4. The summed E-state index contributed by atoms with van der Waals surface area (Å²) >= 11 is 6.02. The third-order valence-corrected chi connectivity index (χ3v) is 5.74. The molecule has 0 fully saturated rings. The Morgan fingerprint density at radius 1 is 1.21 bits per heavy atom. The fourth-order valence-electron chi connectivity index (χ4n) is 2.96. The smallest absolute Gasteiger partial charge is 0.241 e. The largest absolute Gasteiger partial charge is 0.495 e. The van der Waals surface area contributed by atoms with E-state index in [1.807, 2.05) is 39.0 Å². The number of methoxy groups -OCH3 is 1. The number of rotatable bonds is 7. The van der Waals surface area contributed by atoms with Crippen molar-refractivity contribution in [1.82, 2.24) is 5.32 Å². The molecule has 2 aromatic carbocycles. The Balaban J connectivity index is 2.27. The molecule has 1 amide bonds. The van der Waals surface area contributed by atoms with Crippen LogP contribution in [0.4, 0.5) is 5.69 Å². The predicted molar refractivity (Wildman–Crippen MR) is 113 cm³/mol. The molecule has 0 heterocycles. The molecule has 0 spiro atoms. The second-order valence-electron chi connectivity index (χ2n) is 6.74. The Labute approximate surface area is 171 Å². The number of carbonyl (C=O) groups is 1. The highest BCUT2D eigenvalue weighted by Crippen LogP contribution is 2.32. The molecule has 0 aliphatic heterocycles. The predicted octanol–water partition coefficient (Wildman–Crippen LogP) is 3.61. The topological polar surface area (TPSA) is 75.7 Å². The summed E-state index contributed by atoms with van der Waals surface area (Å²) in [4.78, 5) is 12.6. The number of hydrogen-bond acceptors (Lipinski definition) is 4. The molecule has 0 aliphatic rings. The van der Waals surface area contributed by atoms with Crippen molar-refractivity contribution in [2.45, 2.75) is 26.8 Å². The van der Waals surface area contributed by atoms with Gasteiger partial charge in [0.15, 0.2) is 0 Å². The fourth-order valence-corrected chi connectivity index (χ4v) is 3.98. The van der Waals surface area contributed by atoms with Gasteiger partial charge in [0.05, 0.1) is 25.1 Å². The van der Waals surface area contributed by atoms with Crippen LogP contribution in [0.5, 0.6) is 5.75 Å². The number of benzene rings is 2. The molecule has 0 aromatic heterocycles. The normalized spacial score (nSPS) is 12.4. The van der Waals surface area contributed by atoms with E-state index in [-0.39, 0.29) is 18.3 Å². The van der Waals surface area contributed by atoms with Gasteiger partial charge in [0.1, 0.15) is 12.3 Å². The van der Waals surface area contributed by atoms with Crippen LogP contribution in [0.25, 0.3) is 0 Å². The minimum absolute atomic E-state index is 0.215. The highest BCUT2D eigenvalue weighted by molar-refractivity contribution is 7.92. The van der Waals surface area contributed by atoms with Gasteiger partial charge in [-0.15, -0.1) is 0 Å². The van der Waals surface area contributed by atoms with Crippen LogP contribution in [0.3, 0.4) is 0 Å². The molecule has 1 N–H and O–H groups in total. The van der Waals surface area contributed by atoms with E-state index in [2.05, 4.69) is 5.32 Å². The number of nitrogens with one attached hydrogen (secondary N) is 1. The summed E-state index contributed by atoms with van der Waals surface area (Å²) in [5, 5.41) is 3.21. The van der Waals surface area contributed by atoms with Crippen LogP contribution in [0, 0.1) is 13.8 Å². The van der Waals surface area contributed by atoms with Gasteiger partial charge in [-0.2, -0.15) is 0 Å². The van der Waals surface area contributed by atoms with E-state index in [0.717, 1.165) is 27.3 Å². The average Bonchev–Trinajstić information content (AvgIpc) is 2.60. The number of amides is 1. The van der Waals surface area contributed by atoms with Crippen LogP contribution >= 0.6 is 11.6 Å². The van der Waals surface area contributed by atoms with Crippen molar-refractivity contribution in [2.24, 2.45) is 0 Å². The lowest BCUT2D eigenvalue weighted by Gasteiger charge is -2.25. The first-order chi connectivity index (χ1) is 13.0. The van der Waals surface area contributed by atoms with Crippen molar-refractivity contribution < 1.29 is 17.9 Å². The molecule has 1 atom stereocenters.